The van der Waals surface area contributed by atoms with Crippen LogP contribution < -0.4 is 18.9 Å². The molecule has 0 bridgehead atoms. The minimum Gasteiger partial charge on any atom is -0.493 e. The lowest BCUT2D eigenvalue weighted by molar-refractivity contribution is 0.107. The highest BCUT2D eigenvalue weighted by molar-refractivity contribution is 5.43. The summed E-state index contributed by atoms with van der Waals surface area (Å²) in [7, 11) is 6.47. The maximum absolute atomic E-state index is 5.76. The van der Waals surface area contributed by atoms with Crippen molar-refractivity contribution in [2.75, 3.05) is 28.4 Å². The standard InChI is InChI=1S/C18H22O5/c1-19-15-7-5-13(9-17(15)21-3)11-23-12-14-6-8-16(20-2)18(10-14)22-4/h5-10H,11-12H2,1-4H3. The van der Waals surface area contributed by atoms with Crippen LogP contribution >= 0.6 is 0 Å². The number of ether oxygens (including phenoxy) is 5. The Labute approximate surface area is 136 Å². The summed E-state index contributed by atoms with van der Waals surface area (Å²) in [5.74, 6) is 2.80. The predicted molar refractivity (Wildman–Crippen MR) is 87.6 cm³/mol. The summed E-state index contributed by atoms with van der Waals surface area (Å²) in [6.45, 7) is 0.962. The normalized spacial score (nSPS) is 10.3. The number of rotatable bonds is 8. The number of hydrogen-bond acceptors (Lipinski definition) is 5. The molecule has 0 amide bonds. The highest BCUT2D eigenvalue weighted by Crippen LogP contribution is 2.29. The van der Waals surface area contributed by atoms with Gasteiger partial charge < -0.3 is 23.7 Å². The first kappa shape index (κ1) is 17.0. The average molecular weight is 318 g/mol. The van der Waals surface area contributed by atoms with E-state index in [4.69, 9.17) is 23.7 Å². The van der Waals surface area contributed by atoms with Crippen LogP contribution in [-0.4, -0.2) is 28.4 Å². The fourth-order valence-corrected chi connectivity index (χ4v) is 2.23. The molecule has 23 heavy (non-hydrogen) atoms. The van der Waals surface area contributed by atoms with E-state index in [1.807, 2.05) is 36.4 Å². The summed E-state index contributed by atoms with van der Waals surface area (Å²) in [5, 5.41) is 0. The third-order valence-corrected chi connectivity index (χ3v) is 3.43. The first-order valence-electron chi connectivity index (χ1n) is 7.21. The minimum atomic E-state index is 0.481. The highest BCUT2D eigenvalue weighted by Gasteiger charge is 2.06. The van der Waals surface area contributed by atoms with Gasteiger partial charge in [0.25, 0.3) is 0 Å². The largest absolute Gasteiger partial charge is 0.493 e. The van der Waals surface area contributed by atoms with E-state index in [0.717, 1.165) is 11.1 Å². The predicted octanol–water partition coefficient (Wildman–Crippen LogP) is 3.44. The van der Waals surface area contributed by atoms with E-state index < -0.39 is 0 Å². The maximum Gasteiger partial charge on any atom is 0.161 e. The molecule has 0 fully saturated rings. The number of methoxy groups -OCH3 is 4. The van der Waals surface area contributed by atoms with E-state index in [9.17, 15) is 0 Å². The lowest BCUT2D eigenvalue weighted by Gasteiger charge is -2.11. The first-order chi connectivity index (χ1) is 11.2. The summed E-state index contributed by atoms with van der Waals surface area (Å²) in [4.78, 5) is 0. The van der Waals surface area contributed by atoms with Gasteiger partial charge in [-0.15, -0.1) is 0 Å². The molecule has 0 aliphatic carbocycles. The van der Waals surface area contributed by atoms with Crippen molar-refractivity contribution in [1.29, 1.82) is 0 Å². The number of benzene rings is 2. The lowest BCUT2D eigenvalue weighted by Crippen LogP contribution is -1.97. The molecule has 0 aliphatic rings. The Balaban J connectivity index is 1.97. The minimum absolute atomic E-state index is 0.481. The van der Waals surface area contributed by atoms with E-state index >= 15 is 0 Å². The van der Waals surface area contributed by atoms with Crippen LogP contribution in [0.5, 0.6) is 23.0 Å². The highest BCUT2D eigenvalue weighted by atomic mass is 16.5. The van der Waals surface area contributed by atoms with Crippen molar-refractivity contribution in [2.45, 2.75) is 13.2 Å². The molecule has 2 aromatic carbocycles. The summed E-state index contributed by atoms with van der Waals surface area (Å²) < 4.78 is 26.8. The summed E-state index contributed by atoms with van der Waals surface area (Å²) in [5.41, 5.74) is 2.03. The fraction of sp³-hybridized carbons (Fsp3) is 0.333. The number of hydrogen-bond donors (Lipinski definition) is 0. The molecule has 124 valence electrons. The van der Waals surface area contributed by atoms with Crippen LogP contribution in [0, 0.1) is 0 Å². The third-order valence-electron chi connectivity index (χ3n) is 3.43. The molecular weight excluding hydrogens is 296 g/mol. The molecule has 0 N–H and O–H groups in total. The zero-order valence-corrected chi connectivity index (χ0v) is 13.9. The Morgan fingerprint density at radius 1 is 0.565 bits per heavy atom. The van der Waals surface area contributed by atoms with Crippen LogP contribution in [0.15, 0.2) is 36.4 Å². The Morgan fingerprint density at radius 2 is 0.957 bits per heavy atom. The third kappa shape index (κ3) is 4.29. The molecule has 0 atom stereocenters. The van der Waals surface area contributed by atoms with Crippen molar-refractivity contribution in [3.8, 4) is 23.0 Å². The van der Waals surface area contributed by atoms with Crippen molar-refractivity contribution < 1.29 is 23.7 Å². The SMILES string of the molecule is COc1ccc(COCc2ccc(OC)c(OC)c2)cc1OC. The van der Waals surface area contributed by atoms with E-state index in [1.165, 1.54) is 0 Å². The molecule has 0 spiro atoms. The van der Waals surface area contributed by atoms with Crippen molar-refractivity contribution in [1.82, 2.24) is 0 Å². The van der Waals surface area contributed by atoms with Crippen LogP contribution in [-0.2, 0) is 18.0 Å². The molecule has 5 heteroatoms. The molecule has 2 aromatic rings. The zero-order chi connectivity index (χ0) is 16.7. The molecule has 0 aromatic heterocycles. The average Bonchev–Trinajstić information content (AvgIpc) is 2.61. The smallest absolute Gasteiger partial charge is 0.161 e. The Kier molecular flexibility index (Phi) is 6.11. The Hall–Kier alpha value is -2.40. The van der Waals surface area contributed by atoms with Gasteiger partial charge in [0.05, 0.1) is 41.7 Å². The molecule has 2 rings (SSSR count). The first-order valence-corrected chi connectivity index (χ1v) is 7.21. The van der Waals surface area contributed by atoms with E-state index in [1.54, 1.807) is 28.4 Å². The van der Waals surface area contributed by atoms with E-state index in [2.05, 4.69) is 0 Å². The summed E-state index contributed by atoms with van der Waals surface area (Å²) in [6.07, 6.45) is 0. The molecule has 0 heterocycles. The van der Waals surface area contributed by atoms with Gasteiger partial charge in [0.2, 0.25) is 0 Å². The van der Waals surface area contributed by atoms with Gasteiger partial charge in [0.1, 0.15) is 0 Å². The second-order valence-corrected chi connectivity index (χ2v) is 4.87. The van der Waals surface area contributed by atoms with Gasteiger partial charge in [-0.25, -0.2) is 0 Å². The summed E-state index contributed by atoms with van der Waals surface area (Å²) >= 11 is 0. The van der Waals surface area contributed by atoms with Gasteiger partial charge in [0, 0.05) is 0 Å². The van der Waals surface area contributed by atoms with E-state index in [0.29, 0.717) is 36.2 Å². The molecule has 0 radical (unpaired) electrons. The van der Waals surface area contributed by atoms with Crippen LogP contribution in [0.3, 0.4) is 0 Å². The van der Waals surface area contributed by atoms with Gasteiger partial charge in [0.15, 0.2) is 23.0 Å². The molecule has 0 aliphatic heterocycles. The van der Waals surface area contributed by atoms with Crippen molar-refractivity contribution in [2.24, 2.45) is 0 Å². The molecular formula is C18H22O5. The molecule has 0 saturated heterocycles. The molecule has 5 nitrogen and oxygen atoms in total. The Morgan fingerprint density at radius 3 is 1.30 bits per heavy atom. The van der Waals surface area contributed by atoms with Gasteiger partial charge in [-0.2, -0.15) is 0 Å². The van der Waals surface area contributed by atoms with Crippen LogP contribution in [0.25, 0.3) is 0 Å². The van der Waals surface area contributed by atoms with Crippen molar-refractivity contribution in [3.63, 3.8) is 0 Å². The van der Waals surface area contributed by atoms with Gasteiger partial charge in [-0.05, 0) is 35.4 Å². The molecule has 0 unspecified atom stereocenters. The van der Waals surface area contributed by atoms with Gasteiger partial charge >= 0.3 is 0 Å². The quantitative estimate of drug-likeness (QED) is 0.746. The molecule has 0 saturated carbocycles. The van der Waals surface area contributed by atoms with Crippen LogP contribution in [0.2, 0.25) is 0 Å². The van der Waals surface area contributed by atoms with Crippen molar-refractivity contribution >= 4 is 0 Å². The summed E-state index contributed by atoms with van der Waals surface area (Å²) in [6, 6.07) is 11.5. The zero-order valence-electron chi connectivity index (χ0n) is 13.9. The second-order valence-electron chi connectivity index (χ2n) is 4.87. The lowest BCUT2D eigenvalue weighted by atomic mass is 10.2. The topological polar surface area (TPSA) is 46.2 Å². The van der Waals surface area contributed by atoms with Gasteiger partial charge in [-0.1, -0.05) is 12.1 Å². The van der Waals surface area contributed by atoms with Crippen LogP contribution in [0.1, 0.15) is 11.1 Å². The van der Waals surface area contributed by atoms with Gasteiger partial charge in [-0.3, -0.25) is 0 Å². The second kappa shape index (κ2) is 8.29. The van der Waals surface area contributed by atoms with E-state index in [-0.39, 0.29) is 0 Å². The monoisotopic (exact) mass is 318 g/mol. The van der Waals surface area contributed by atoms with Crippen molar-refractivity contribution in [3.05, 3.63) is 47.5 Å². The Bertz CT molecular complexity index is 584. The maximum atomic E-state index is 5.76. The van der Waals surface area contributed by atoms with Crippen LogP contribution in [0.4, 0.5) is 0 Å². The fourth-order valence-electron chi connectivity index (χ4n) is 2.23.